The van der Waals surface area contributed by atoms with Gasteiger partial charge in [0.2, 0.25) is 0 Å². The first-order valence-corrected chi connectivity index (χ1v) is 18.9. The Hall–Kier alpha value is -3.68. The zero-order valence-corrected chi connectivity index (χ0v) is 29.9. The lowest BCUT2D eigenvalue weighted by Crippen LogP contribution is -2.37. The first kappa shape index (κ1) is 35.5. The highest BCUT2D eigenvalue weighted by Gasteiger charge is 2.14. The predicted octanol–water partition coefficient (Wildman–Crippen LogP) is 11.7. The van der Waals surface area contributed by atoms with Crippen molar-refractivity contribution in [3.63, 3.8) is 0 Å². The maximum absolute atomic E-state index is 2.37. The number of hydrogen-bond donors (Lipinski definition) is 0. The summed E-state index contributed by atoms with van der Waals surface area (Å²) < 4.78 is 0. The summed E-state index contributed by atoms with van der Waals surface area (Å²) in [7, 11) is -1.06. The number of rotatable bonds is 2. The van der Waals surface area contributed by atoms with Crippen LogP contribution in [0.5, 0.6) is 0 Å². The minimum absolute atomic E-state index is 1.06. The van der Waals surface area contributed by atoms with E-state index in [0.717, 1.165) is 0 Å². The molecule has 0 saturated heterocycles. The quantitative estimate of drug-likeness (QED) is 0.180. The first-order chi connectivity index (χ1) is 20.2. The molecule has 0 aliphatic rings. The van der Waals surface area contributed by atoms with Crippen molar-refractivity contribution in [2.45, 2.75) is 82.0 Å². The maximum atomic E-state index is 2.37. The molecule has 0 fully saturated rings. The van der Waals surface area contributed by atoms with E-state index in [-0.39, 0.29) is 0 Å². The van der Waals surface area contributed by atoms with Gasteiger partial charge in [-0.2, -0.15) is 0 Å². The van der Waals surface area contributed by atoms with Crippen molar-refractivity contribution in [3.05, 3.63) is 159 Å². The molecule has 0 amide bonds. The number of benzene rings is 5. The van der Waals surface area contributed by atoms with Crippen molar-refractivity contribution >= 4 is 13.3 Å². The molecule has 0 atom stereocenters. The Labute approximate surface area is 264 Å². The topological polar surface area (TPSA) is 0 Å². The molecule has 0 saturated carbocycles. The molecule has 0 radical (unpaired) electrons. The van der Waals surface area contributed by atoms with Crippen LogP contribution in [0.1, 0.15) is 50.1 Å². The standard InChI is InChI=1S/C14H14.C10H16Si.2C9H12/c1-11-8-9-14(10-12(11)2)13-6-4-3-5-7-13;1-9-5-7-10(8-6-9)11(2,3)4;2*1-7-4-5-8(2)9(3)6-7/h3-10H,1-2H3;5-8H,1-4H3;2*4-6H,1-3H3. The van der Waals surface area contributed by atoms with Gasteiger partial charge in [-0.1, -0.05) is 151 Å². The van der Waals surface area contributed by atoms with E-state index in [4.69, 9.17) is 0 Å². The Morgan fingerprint density at radius 2 is 0.721 bits per heavy atom. The van der Waals surface area contributed by atoms with Crippen molar-refractivity contribution in [2.75, 3.05) is 0 Å². The van der Waals surface area contributed by atoms with E-state index in [0.29, 0.717) is 0 Å². The summed E-state index contributed by atoms with van der Waals surface area (Å²) in [6.45, 7) is 26.3. The molecule has 5 aromatic rings. The Morgan fingerprint density at radius 1 is 0.326 bits per heavy atom. The second kappa shape index (κ2) is 16.8. The lowest BCUT2D eigenvalue weighted by atomic mass is 10.0. The van der Waals surface area contributed by atoms with Gasteiger partial charge >= 0.3 is 0 Å². The van der Waals surface area contributed by atoms with E-state index in [1.165, 1.54) is 61.2 Å². The number of hydrogen-bond acceptors (Lipinski definition) is 0. The molecule has 0 N–H and O–H groups in total. The summed E-state index contributed by atoms with van der Waals surface area (Å²) >= 11 is 0. The average Bonchev–Trinajstić information content (AvgIpc) is 2.96. The van der Waals surface area contributed by atoms with Crippen LogP contribution >= 0.6 is 0 Å². The van der Waals surface area contributed by atoms with Crippen LogP contribution in [0.15, 0.2) is 109 Å². The molecule has 1 heteroatoms. The predicted molar refractivity (Wildman–Crippen MR) is 197 cm³/mol. The van der Waals surface area contributed by atoms with Gasteiger partial charge in [-0.3, -0.25) is 0 Å². The highest BCUT2D eigenvalue weighted by Crippen LogP contribution is 2.21. The van der Waals surface area contributed by atoms with Gasteiger partial charge < -0.3 is 0 Å². The van der Waals surface area contributed by atoms with E-state index >= 15 is 0 Å². The SMILES string of the molecule is Cc1ccc(-c2ccccc2)cc1C.Cc1ccc(C)c(C)c1.Cc1ccc(C)c(C)c1.Cc1ccc([Si](C)(C)C)cc1. The molecule has 0 unspecified atom stereocenters. The molecule has 0 spiro atoms. The highest BCUT2D eigenvalue weighted by molar-refractivity contribution is 6.88. The van der Waals surface area contributed by atoms with Gasteiger partial charge in [-0.05, 0) is 107 Å². The third-order valence-electron chi connectivity index (χ3n) is 7.86. The Kier molecular flexibility index (Phi) is 13.9. The molecule has 0 bridgehead atoms. The molecular formula is C42H54Si. The van der Waals surface area contributed by atoms with Gasteiger partial charge in [0, 0.05) is 0 Å². The van der Waals surface area contributed by atoms with Crippen LogP contribution in [-0.2, 0) is 0 Å². The smallest absolute Gasteiger partial charge is 0.0656 e. The molecule has 0 nitrogen and oxygen atoms in total. The van der Waals surface area contributed by atoms with Gasteiger partial charge in [0.05, 0.1) is 8.07 Å². The van der Waals surface area contributed by atoms with Crippen LogP contribution in [0.25, 0.3) is 11.1 Å². The molecule has 0 aromatic heterocycles. The van der Waals surface area contributed by atoms with Crippen LogP contribution in [0, 0.1) is 62.3 Å². The zero-order valence-electron chi connectivity index (χ0n) is 28.9. The summed E-state index contributed by atoms with van der Waals surface area (Å²) in [6.07, 6.45) is 0. The fourth-order valence-corrected chi connectivity index (χ4v) is 5.55. The van der Waals surface area contributed by atoms with Crippen LogP contribution < -0.4 is 5.19 Å². The normalized spacial score (nSPS) is 10.3. The van der Waals surface area contributed by atoms with Crippen molar-refractivity contribution in [2.24, 2.45) is 0 Å². The van der Waals surface area contributed by atoms with Crippen LogP contribution in [0.4, 0.5) is 0 Å². The van der Waals surface area contributed by atoms with E-state index in [1.807, 2.05) is 6.07 Å². The van der Waals surface area contributed by atoms with E-state index in [9.17, 15) is 0 Å². The largest absolute Gasteiger partial charge is 0.0775 e. The van der Waals surface area contributed by atoms with Crippen molar-refractivity contribution < 1.29 is 0 Å². The minimum Gasteiger partial charge on any atom is -0.0656 e. The van der Waals surface area contributed by atoms with Gasteiger partial charge in [0.15, 0.2) is 0 Å². The minimum atomic E-state index is -1.06. The third kappa shape index (κ3) is 12.6. The molecule has 0 aliphatic carbocycles. The Balaban J connectivity index is 0.000000204. The van der Waals surface area contributed by atoms with Crippen molar-refractivity contribution in [1.82, 2.24) is 0 Å². The Morgan fingerprint density at radius 3 is 1.09 bits per heavy atom. The molecular weight excluding hydrogens is 533 g/mol. The fraction of sp³-hybridized carbons (Fsp3) is 0.286. The van der Waals surface area contributed by atoms with Gasteiger partial charge in [0.1, 0.15) is 0 Å². The molecule has 226 valence electrons. The molecule has 5 aromatic carbocycles. The zero-order chi connectivity index (χ0) is 32.2. The van der Waals surface area contributed by atoms with Crippen LogP contribution in [0.3, 0.4) is 0 Å². The van der Waals surface area contributed by atoms with Crippen LogP contribution in [0.2, 0.25) is 19.6 Å². The second-order valence-electron chi connectivity index (χ2n) is 13.0. The van der Waals surface area contributed by atoms with E-state index < -0.39 is 8.07 Å². The highest BCUT2D eigenvalue weighted by atomic mass is 28.3. The van der Waals surface area contributed by atoms with Gasteiger partial charge in [0.25, 0.3) is 0 Å². The van der Waals surface area contributed by atoms with Gasteiger partial charge in [-0.25, -0.2) is 0 Å². The van der Waals surface area contributed by atoms with Gasteiger partial charge in [-0.15, -0.1) is 0 Å². The van der Waals surface area contributed by atoms with E-state index in [1.54, 1.807) is 5.19 Å². The fourth-order valence-electron chi connectivity index (χ4n) is 4.39. The summed E-state index contributed by atoms with van der Waals surface area (Å²) in [5.74, 6) is 0. The maximum Gasteiger partial charge on any atom is 0.0775 e. The molecule has 0 heterocycles. The summed E-state index contributed by atoms with van der Waals surface area (Å²) in [4.78, 5) is 0. The average molecular weight is 587 g/mol. The Bertz CT molecular complexity index is 1500. The summed E-state index contributed by atoms with van der Waals surface area (Å²) in [5, 5.41) is 1.54. The monoisotopic (exact) mass is 586 g/mol. The van der Waals surface area contributed by atoms with Crippen molar-refractivity contribution in [1.29, 1.82) is 0 Å². The third-order valence-corrected chi connectivity index (χ3v) is 9.92. The lowest BCUT2D eigenvalue weighted by molar-refractivity contribution is 1.30. The van der Waals surface area contributed by atoms with Crippen LogP contribution in [-0.4, -0.2) is 8.07 Å². The first-order valence-electron chi connectivity index (χ1n) is 15.4. The molecule has 43 heavy (non-hydrogen) atoms. The van der Waals surface area contributed by atoms with E-state index in [2.05, 4.69) is 185 Å². The molecule has 5 rings (SSSR count). The molecule has 0 aliphatic heterocycles. The summed E-state index contributed by atoms with van der Waals surface area (Å²) in [5.41, 5.74) is 14.9. The lowest BCUT2D eigenvalue weighted by Gasteiger charge is -2.16. The summed E-state index contributed by atoms with van der Waals surface area (Å²) in [6, 6.07) is 39.0. The second-order valence-corrected chi connectivity index (χ2v) is 18.0. The van der Waals surface area contributed by atoms with Crippen molar-refractivity contribution in [3.8, 4) is 11.1 Å². The number of aryl methyl sites for hydroxylation is 9.